The number of carboxylic acids is 1. The van der Waals surface area contributed by atoms with Gasteiger partial charge >= 0.3 is 5.97 Å². The normalized spacial score (nSPS) is 21.0. The monoisotopic (exact) mass is 356 g/mol. The van der Waals surface area contributed by atoms with Crippen molar-refractivity contribution >= 4 is 33.5 Å². The molecule has 21 heavy (non-hydrogen) atoms. The molecule has 1 aromatic rings. The minimum Gasteiger partial charge on any atom is -0.481 e. The Morgan fingerprint density at radius 1 is 1.38 bits per heavy atom. The number of nitro benzene ring substituents is 1. The standard InChI is InChI=1S/C13H13BrN2O5/c14-11-4-3-9(16(20)21)6-10(11)12(17)15-8-2-1-7(5-8)13(18)19/h3-4,6-8H,1-2,5H2,(H,15,17)(H,18,19). The van der Waals surface area contributed by atoms with E-state index < -0.39 is 22.7 Å². The highest BCUT2D eigenvalue weighted by molar-refractivity contribution is 9.10. The van der Waals surface area contributed by atoms with E-state index in [0.29, 0.717) is 23.7 Å². The van der Waals surface area contributed by atoms with Crippen LogP contribution in [0, 0.1) is 16.0 Å². The third kappa shape index (κ3) is 3.57. The Bertz CT molecular complexity index is 604. The van der Waals surface area contributed by atoms with Gasteiger partial charge in [-0.2, -0.15) is 0 Å². The quantitative estimate of drug-likeness (QED) is 0.635. The number of rotatable bonds is 4. The van der Waals surface area contributed by atoms with Crippen LogP contribution in [0.5, 0.6) is 0 Å². The molecule has 8 heteroatoms. The molecule has 2 unspecified atom stereocenters. The number of aliphatic carboxylic acids is 1. The Morgan fingerprint density at radius 2 is 2.10 bits per heavy atom. The van der Waals surface area contributed by atoms with Crippen LogP contribution in [0.1, 0.15) is 29.6 Å². The number of benzene rings is 1. The van der Waals surface area contributed by atoms with Crippen LogP contribution in [-0.4, -0.2) is 27.9 Å². The summed E-state index contributed by atoms with van der Waals surface area (Å²) < 4.78 is 0.457. The summed E-state index contributed by atoms with van der Waals surface area (Å²) in [5.41, 5.74) is 0.00107. The van der Waals surface area contributed by atoms with Gasteiger partial charge in [0.15, 0.2) is 0 Å². The fraction of sp³-hybridized carbons (Fsp3) is 0.385. The van der Waals surface area contributed by atoms with Gasteiger partial charge in [-0.15, -0.1) is 0 Å². The summed E-state index contributed by atoms with van der Waals surface area (Å²) in [6.45, 7) is 0. The smallest absolute Gasteiger partial charge is 0.306 e. The van der Waals surface area contributed by atoms with E-state index in [0.717, 1.165) is 0 Å². The Balaban J connectivity index is 2.09. The lowest BCUT2D eigenvalue weighted by Gasteiger charge is -2.13. The zero-order valence-corrected chi connectivity index (χ0v) is 12.5. The van der Waals surface area contributed by atoms with Gasteiger partial charge in [-0.25, -0.2) is 0 Å². The average Bonchev–Trinajstić information content (AvgIpc) is 2.87. The van der Waals surface area contributed by atoms with Gasteiger partial charge in [0.25, 0.3) is 11.6 Å². The van der Waals surface area contributed by atoms with Gasteiger partial charge in [0.05, 0.1) is 16.4 Å². The number of nitrogens with one attached hydrogen (secondary N) is 1. The minimum absolute atomic E-state index is 0.168. The van der Waals surface area contributed by atoms with Crippen molar-refractivity contribution in [3.63, 3.8) is 0 Å². The molecule has 1 aliphatic carbocycles. The van der Waals surface area contributed by atoms with Gasteiger partial charge in [0.1, 0.15) is 0 Å². The lowest BCUT2D eigenvalue weighted by molar-refractivity contribution is -0.384. The van der Waals surface area contributed by atoms with Crippen LogP contribution in [0.15, 0.2) is 22.7 Å². The molecule has 1 amide bonds. The second kappa shape index (κ2) is 6.21. The maximum absolute atomic E-state index is 12.2. The molecule has 0 aromatic heterocycles. The predicted octanol–water partition coefficient (Wildman–Crippen LogP) is 2.34. The molecule has 2 atom stereocenters. The first-order chi connectivity index (χ1) is 9.88. The molecule has 7 nitrogen and oxygen atoms in total. The molecule has 2 N–H and O–H groups in total. The van der Waals surface area contributed by atoms with Crippen molar-refractivity contribution in [2.45, 2.75) is 25.3 Å². The van der Waals surface area contributed by atoms with Crippen LogP contribution >= 0.6 is 15.9 Å². The molecule has 1 aliphatic rings. The number of non-ortho nitro benzene ring substituents is 1. The van der Waals surface area contributed by atoms with Crippen LogP contribution in [0.3, 0.4) is 0 Å². The molecule has 2 rings (SSSR count). The molecule has 0 heterocycles. The molecule has 0 radical (unpaired) electrons. The molecule has 1 aromatic carbocycles. The fourth-order valence-electron chi connectivity index (χ4n) is 2.40. The molecule has 0 bridgehead atoms. The Hall–Kier alpha value is -1.96. The first-order valence-electron chi connectivity index (χ1n) is 6.36. The second-order valence-corrected chi connectivity index (χ2v) is 5.79. The molecule has 1 fully saturated rings. The number of carbonyl (C=O) groups is 2. The number of hydrogen-bond donors (Lipinski definition) is 2. The van der Waals surface area contributed by atoms with E-state index in [4.69, 9.17) is 5.11 Å². The van der Waals surface area contributed by atoms with Crippen LogP contribution in [0.25, 0.3) is 0 Å². The first kappa shape index (κ1) is 15.4. The molecule has 112 valence electrons. The van der Waals surface area contributed by atoms with E-state index in [-0.39, 0.29) is 17.3 Å². The molecular formula is C13H13BrN2O5. The number of hydrogen-bond acceptors (Lipinski definition) is 4. The summed E-state index contributed by atoms with van der Waals surface area (Å²) in [4.78, 5) is 33.2. The minimum atomic E-state index is -0.858. The van der Waals surface area contributed by atoms with E-state index in [1.807, 2.05) is 0 Å². The number of carboxylic acid groups (broad SMARTS) is 1. The van der Waals surface area contributed by atoms with Crippen molar-refractivity contribution in [3.8, 4) is 0 Å². The summed E-state index contributed by atoms with van der Waals surface area (Å²) in [5, 5.41) is 22.4. The van der Waals surface area contributed by atoms with Gasteiger partial charge < -0.3 is 10.4 Å². The summed E-state index contributed by atoms with van der Waals surface area (Å²) in [7, 11) is 0. The van der Waals surface area contributed by atoms with E-state index in [9.17, 15) is 19.7 Å². The third-order valence-electron chi connectivity index (χ3n) is 3.52. The number of halogens is 1. The number of nitrogens with zero attached hydrogens (tertiary/aromatic N) is 1. The molecule has 0 spiro atoms. The van der Waals surface area contributed by atoms with Gasteiger partial charge in [-0.1, -0.05) is 0 Å². The van der Waals surface area contributed by atoms with Crippen LogP contribution in [0.4, 0.5) is 5.69 Å². The van der Waals surface area contributed by atoms with Gasteiger partial charge in [0, 0.05) is 22.6 Å². The highest BCUT2D eigenvalue weighted by Gasteiger charge is 2.31. The van der Waals surface area contributed by atoms with Crippen LogP contribution in [-0.2, 0) is 4.79 Å². The summed E-state index contributed by atoms with van der Waals surface area (Å²) in [6.07, 6.45) is 1.50. The Kier molecular flexibility index (Phi) is 4.56. The first-order valence-corrected chi connectivity index (χ1v) is 7.15. The van der Waals surface area contributed by atoms with E-state index >= 15 is 0 Å². The SMILES string of the molecule is O=C(NC1CCC(C(=O)O)C1)c1cc([N+](=O)[O-])ccc1Br. The lowest BCUT2D eigenvalue weighted by Crippen LogP contribution is -2.33. The highest BCUT2D eigenvalue weighted by atomic mass is 79.9. The summed E-state index contributed by atoms with van der Waals surface area (Å²) >= 11 is 3.19. The highest BCUT2D eigenvalue weighted by Crippen LogP contribution is 2.27. The average molecular weight is 357 g/mol. The second-order valence-electron chi connectivity index (χ2n) is 4.94. The van der Waals surface area contributed by atoms with Crippen LogP contribution < -0.4 is 5.32 Å². The number of carbonyl (C=O) groups excluding carboxylic acids is 1. The Labute approximate surface area is 128 Å². The van der Waals surface area contributed by atoms with Crippen molar-refractivity contribution in [2.24, 2.45) is 5.92 Å². The van der Waals surface area contributed by atoms with E-state index in [1.165, 1.54) is 18.2 Å². The Morgan fingerprint density at radius 3 is 2.67 bits per heavy atom. The van der Waals surface area contributed by atoms with Crippen molar-refractivity contribution in [3.05, 3.63) is 38.3 Å². The predicted molar refractivity (Wildman–Crippen MR) is 77.0 cm³/mol. The van der Waals surface area contributed by atoms with Crippen molar-refractivity contribution < 1.29 is 19.6 Å². The maximum Gasteiger partial charge on any atom is 0.306 e. The fourth-order valence-corrected chi connectivity index (χ4v) is 2.83. The largest absolute Gasteiger partial charge is 0.481 e. The van der Waals surface area contributed by atoms with E-state index in [1.54, 1.807) is 0 Å². The van der Waals surface area contributed by atoms with Gasteiger partial charge in [0.2, 0.25) is 0 Å². The number of amides is 1. The lowest BCUT2D eigenvalue weighted by atomic mass is 10.1. The zero-order chi connectivity index (χ0) is 15.6. The third-order valence-corrected chi connectivity index (χ3v) is 4.21. The van der Waals surface area contributed by atoms with E-state index in [2.05, 4.69) is 21.2 Å². The number of nitro groups is 1. The van der Waals surface area contributed by atoms with Gasteiger partial charge in [-0.3, -0.25) is 19.7 Å². The molecule has 1 saturated carbocycles. The summed E-state index contributed by atoms with van der Waals surface area (Å²) in [6, 6.07) is 3.73. The van der Waals surface area contributed by atoms with Crippen molar-refractivity contribution in [1.82, 2.24) is 5.32 Å². The van der Waals surface area contributed by atoms with Crippen molar-refractivity contribution in [1.29, 1.82) is 0 Å². The van der Waals surface area contributed by atoms with Crippen molar-refractivity contribution in [2.75, 3.05) is 0 Å². The molecule has 0 aliphatic heterocycles. The van der Waals surface area contributed by atoms with Crippen LogP contribution in [0.2, 0.25) is 0 Å². The van der Waals surface area contributed by atoms with Gasteiger partial charge in [-0.05, 0) is 41.3 Å². The molecule has 0 saturated heterocycles. The molecular weight excluding hydrogens is 344 g/mol. The topological polar surface area (TPSA) is 110 Å². The summed E-state index contributed by atoms with van der Waals surface area (Å²) in [5.74, 6) is -1.74. The maximum atomic E-state index is 12.2. The zero-order valence-electron chi connectivity index (χ0n) is 10.9.